The Labute approximate surface area is 107 Å². The standard InChI is InChI=1S/C14H20N2O2/c1-10(13-7-2-3-8-15-13)16-12-6-4-5-11(9-12)14(17)18/h2-3,7-8,10-12,16H,4-6,9H2,1H3,(H,17,18)/t10-,11?,12?/m1/s1. The summed E-state index contributed by atoms with van der Waals surface area (Å²) >= 11 is 0. The van der Waals surface area contributed by atoms with Gasteiger partial charge in [0.25, 0.3) is 0 Å². The number of aliphatic carboxylic acids is 1. The minimum absolute atomic E-state index is 0.170. The molecular weight excluding hydrogens is 228 g/mol. The first kappa shape index (κ1) is 13.0. The molecule has 2 N–H and O–H groups in total. The first-order valence-electron chi connectivity index (χ1n) is 6.56. The van der Waals surface area contributed by atoms with Gasteiger partial charge >= 0.3 is 5.97 Å². The van der Waals surface area contributed by atoms with Crippen molar-refractivity contribution >= 4 is 5.97 Å². The van der Waals surface area contributed by atoms with Gasteiger partial charge in [-0.3, -0.25) is 9.78 Å². The van der Waals surface area contributed by atoms with Crippen LogP contribution in [0.2, 0.25) is 0 Å². The van der Waals surface area contributed by atoms with Crippen molar-refractivity contribution in [1.29, 1.82) is 0 Å². The fourth-order valence-electron chi connectivity index (χ4n) is 2.64. The van der Waals surface area contributed by atoms with Crippen LogP contribution in [0.4, 0.5) is 0 Å². The number of hydrogen-bond acceptors (Lipinski definition) is 3. The number of aromatic nitrogens is 1. The number of nitrogens with one attached hydrogen (secondary N) is 1. The molecule has 18 heavy (non-hydrogen) atoms. The Morgan fingerprint density at radius 1 is 1.50 bits per heavy atom. The molecule has 1 aliphatic rings. The lowest BCUT2D eigenvalue weighted by molar-refractivity contribution is -0.143. The Hall–Kier alpha value is -1.42. The predicted molar refractivity (Wildman–Crippen MR) is 69.2 cm³/mol. The summed E-state index contributed by atoms with van der Waals surface area (Å²) in [6.45, 7) is 2.08. The predicted octanol–water partition coefficient (Wildman–Crippen LogP) is 2.38. The van der Waals surface area contributed by atoms with Crippen LogP contribution in [0.15, 0.2) is 24.4 Å². The van der Waals surface area contributed by atoms with E-state index in [0.29, 0.717) is 0 Å². The van der Waals surface area contributed by atoms with E-state index in [0.717, 1.165) is 31.4 Å². The molecule has 0 aromatic carbocycles. The minimum Gasteiger partial charge on any atom is -0.481 e. The number of hydrogen-bond donors (Lipinski definition) is 2. The van der Waals surface area contributed by atoms with Crippen LogP contribution in [-0.2, 0) is 4.79 Å². The monoisotopic (exact) mass is 248 g/mol. The average molecular weight is 248 g/mol. The molecule has 0 bridgehead atoms. The summed E-state index contributed by atoms with van der Waals surface area (Å²) in [5.41, 5.74) is 1.01. The van der Waals surface area contributed by atoms with E-state index >= 15 is 0 Å². The van der Waals surface area contributed by atoms with Crippen molar-refractivity contribution in [1.82, 2.24) is 10.3 Å². The highest BCUT2D eigenvalue weighted by Crippen LogP contribution is 2.26. The third-order valence-corrected chi connectivity index (χ3v) is 3.64. The van der Waals surface area contributed by atoms with Gasteiger partial charge in [0.05, 0.1) is 11.6 Å². The van der Waals surface area contributed by atoms with Crippen molar-refractivity contribution in [2.45, 2.75) is 44.7 Å². The van der Waals surface area contributed by atoms with Gasteiger partial charge in [0, 0.05) is 18.3 Å². The van der Waals surface area contributed by atoms with E-state index < -0.39 is 5.97 Å². The molecule has 1 saturated carbocycles. The van der Waals surface area contributed by atoms with E-state index in [9.17, 15) is 4.79 Å². The first-order valence-corrected chi connectivity index (χ1v) is 6.56. The minimum atomic E-state index is -0.660. The highest BCUT2D eigenvalue weighted by Gasteiger charge is 2.27. The Kier molecular flexibility index (Phi) is 4.31. The molecule has 4 heteroatoms. The van der Waals surface area contributed by atoms with Gasteiger partial charge in [-0.25, -0.2) is 0 Å². The van der Waals surface area contributed by atoms with Gasteiger partial charge in [0.1, 0.15) is 0 Å². The molecule has 2 unspecified atom stereocenters. The van der Waals surface area contributed by atoms with Gasteiger partial charge in [-0.1, -0.05) is 12.5 Å². The third-order valence-electron chi connectivity index (χ3n) is 3.64. The average Bonchev–Trinajstić information content (AvgIpc) is 2.40. The number of nitrogens with zero attached hydrogens (tertiary/aromatic N) is 1. The second-order valence-electron chi connectivity index (χ2n) is 5.04. The lowest BCUT2D eigenvalue weighted by Gasteiger charge is -2.29. The summed E-state index contributed by atoms with van der Waals surface area (Å²) in [6, 6.07) is 6.33. The summed E-state index contributed by atoms with van der Waals surface area (Å²) in [6.07, 6.45) is 5.37. The first-order chi connectivity index (χ1) is 8.66. The number of carboxylic acids is 1. The number of carbonyl (C=O) groups is 1. The molecule has 0 saturated heterocycles. The summed E-state index contributed by atoms with van der Waals surface area (Å²) in [5.74, 6) is -0.848. The number of rotatable bonds is 4. The SMILES string of the molecule is C[C@@H](NC1CCCC(C(=O)O)C1)c1ccccn1. The third kappa shape index (κ3) is 3.29. The normalized spacial score (nSPS) is 25.6. The van der Waals surface area contributed by atoms with Crippen molar-refractivity contribution in [3.05, 3.63) is 30.1 Å². The van der Waals surface area contributed by atoms with Crippen LogP contribution in [0.1, 0.15) is 44.3 Å². The fraction of sp³-hybridized carbons (Fsp3) is 0.571. The smallest absolute Gasteiger partial charge is 0.306 e. The van der Waals surface area contributed by atoms with Gasteiger partial charge in [-0.15, -0.1) is 0 Å². The lowest BCUT2D eigenvalue weighted by Crippen LogP contribution is -2.37. The highest BCUT2D eigenvalue weighted by molar-refractivity contribution is 5.70. The molecule has 1 aliphatic carbocycles. The van der Waals surface area contributed by atoms with Crippen molar-refractivity contribution in [3.8, 4) is 0 Å². The van der Waals surface area contributed by atoms with Crippen molar-refractivity contribution < 1.29 is 9.90 Å². The highest BCUT2D eigenvalue weighted by atomic mass is 16.4. The Bertz CT molecular complexity index is 394. The molecule has 1 heterocycles. The van der Waals surface area contributed by atoms with E-state index in [1.165, 1.54) is 0 Å². The second kappa shape index (κ2) is 5.96. The number of pyridine rings is 1. The maximum Gasteiger partial charge on any atom is 0.306 e. The van der Waals surface area contributed by atoms with E-state index in [1.807, 2.05) is 18.2 Å². The molecular formula is C14H20N2O2. The van der Waals surface area contributed by atoms with Crippen LogP contribution in [0.25, 0.3) is 0 Å². The maximum atomic E-state index is 11.0. The molecule has 4 nitrogen and oxygen atoms in total. The summed E-state index contributed by atoms with van der Waals surface area (Å²) in [4.78, 5) is 15.3. The topological polar surface area (TPSA) is 62.2 Å². The largest absolute Gasteiger partial charge is 0.481 e. The molecule has 1 fully saturated rings. The molecule has 1 aromatic rings. The van der Waals surface area contributed by atoms with E-state index in [2.05, 4.69) is 17.2 Å². The van der Waals surface area contributed by atoms with Crippen LogP contribution in [0.5, 0.6) is 0 Å². The van der Waals surface area contributed by atoms with Crippen LogP contribution in [0.3, 0.4) is 0 Å². The quantitative estimate of drug-likeness (QED) is 0.858. The molecule has 0 spiro atoms. The molecule has 98 valence electrons. The molecule has 1 aromatic heterocycles. The molecule has 0 radical (unpaired) electrons. The molecule has 0 amide bonds. The van der Waals surface area contributed by atoms with Gasteiger partial charge < -0.3 is 10.4 Å². The van der Waals surface area contributed by atoms with E-state index in [-0.39, 0.29) is 18.0 Å². The van der Waals surface area contributed by atoms with Crippen molar-refractivity contribution in [2.75, 3.05) is 0 Å². The van der Waals surface area contributed by atoms with Crippen LogP contribution < -0.4 is 5.32 Å². The zero-order valence-corrected chi connectivity index (χ0v) is 10.7. The number of carboxylic acid groups (broad SMARTS) is 1. The maximum absolute atomic E-state index is 11.0. The Morgan fingerprint density at radius 3 is 3.00 bits per heavy atom. The zero-order valence-electron chi connectivity index (χ0n) is 10.7. The second-order valence-corrected chi connectivity index (χ2v) is 5.04. The van der Waals surface area contributed by atoms with Crippen molar-refractivity contribution in [2.24, 2.45) is 5.92 Å². The lowest BCUT2D eigenvalue weighted by atomic mass is 9.85. The van der Waals surface area contributed by atoms with Gasteiger partial charge in [-0.05, 0) is 38.3 Å². The van der Waals surface area contributed by atoms with Gasteiger partial charge in [0.15, 0.2) is 0 Å². The van der Waals surface area contributed by atoms with Gasteiger partial charge in [-0.2, -0.15) is 0 Å². The molecule has 2 rings (SSSR count). The summed E-state index contributed by atoms with van der Waals surface area (Å²) in [7, 11) is 0. The van der Waals surface area contributed by atoms with Gasteiger partial charge in [0.2, 0.25) is 0 Å². The van der Waals surface area contributed by atoms with Crippen LogP contribution >= 0.6 is 0 Å². The summed E-state index contributed by atoms with van der Waals surface area (Å²) in [5, 5.41) is 12.6. The van der Waals surface area contributed by atoms with E-state index in [4.69, 9.17) is 5.11 Å². The zero-order chi connectivity index (χ0) is 13.0. The molecule has 3 atom stereocenters. The fourth-order valence-corrected chi connectivity index (χ4v) is 2.64. The van der Waals surface area contributed by atoms with E-state index in [1.54, 1.807) is 6.20 Å². The Balaban J connectivity index is 1.91. The van der Waals surface area contributed by atoms with Crippen molar-refractivity contribution in [3.63, 3.8) is 0 Å². The van der Waals surface area contributed by atoms with Crippen LogP contribution in [-0.4, -0.2) is 22.1 Å². The molecule has 0 aliphatic heterocycles. The van der Waals surface area contributed by atoms with Crippen LogP contribution in [0, 0.1) is 5.92 Å². The summed E-state index contributed by atoms with van der Waals surface area (Å²) < 4.78 is 0. The Morgan fingerprint density at radius 2 is 2.33 bits per heavy atom.